The van der Waals surface area contributed by atoms with E-state index in [-0.39, 0.29) is 24.9 Å². The SMILES string of the molecule is COC(CNC(=O)c1ccc(NC(=O)CNc2ccc(C)cc2C)cc1)OC. The van der Waals surface area contributed by atoms with Gasteiger partial charge in [-0.05, 0) is 49.7 Å². The zero-order chi connectivity index (χ0) is 20.5. The van der Waals surface area contributed by atoms with Crippen LogP contribution in [-0.2, 0) is 14.3 Å². The number of benzene rings is 2. The average Bonchev–Trinajstić information content (AvgIpc) is 2.68. The highest BCUT2D eigenvalue weighted by molar-refractivity contribution is 5.96. The molecule has 2 aromatic rings. The van der Waals surface area contributed by atoms with E-state index in [0.29, 0.717) is 11.3 Å². The van der Waals surface area contributed by atoms with Gasteiger partial charge in [-0.25, -0.2) is 0 Å². The van der Waals surface area contributed by atoms with E-state index < -0.39 is 6.29 Å². The molecule has 150 valence electrons. The molecular weight excluding hydrogens is 358 g/mol. The summed E-state index contributed by atoms with van der Waals surface area (Å²) >= 11 is 0. The number of methoxy groups -OCH3 is 2. The zero-order valence-electron chi connectivity index (χ0n) is 16.7. The summed E-state index contributed by atoms with van der Waals surface area (Å²) < 4.78 is 10.1. The minimum atomic E-state index is -0.493. The van der Waals surface area contributed by atoms with Gasteiger partial charge in [-0.1, -0.05) is 17.7 Å². The topological polar surface area (TPSA) is 88.7 Å². The van der Waals surface area contributed by atoms with Gasteiger partial charge in [0.25, 0.3) is 5.91 Å². The molecule has 0 aromatic heterocycles. The van der Waals surface area contributed by atoms with Gasteiger partial charge < -0.3 is 25.4 Å². The van der Waals surface area contributed by atoms with Gasteiger partial charge in [-0.3, -0.25) is 9.59 Å². The maximum Gasteiger partial charge on any atom is 0.251 e. The molecule has 2 rings (SSSR count). The Morgan fingerprint density at radius 2 is 1.68 bits per heavy atom. The number of nitrogens with one attached hydrogen (secondary N) is 3. The summed E-state index contributed by atoms with van der Waals surface area (Å²) in [6.07, 6.45) is -0.493. The van der Waals surface area contributed by atoms with Crippen LogP contribution in [0.5, 0.6) is 0 Å². The second-order valence-corrected chi connectivity index (χ2v) is 6.41. The Kier molecular flexibility index (Phi) is 7.98. The van der Waals surface area contributed by atoms with Crippen molar-refractivity contribution >= 4 is 23.2 Å². The fraction of sp³-hybridized carbons (Fsp3) is 0.333. The average molecular weight is 385 g/mol. The fourth-order valence-electron chi connectivity index (χ4n) is 2.64. The number of hydrogen-bond acceptors (Lipinski definition) is 5. The molecule has 2 amide bonds. The van der Waals surface area contributed by atoms with Crippen molar-refractivity contribution in [1.82, 2.24) is 5.32 Å². The lowest BCUT2D eigenvalue weighted by molar-refractivity contribution is -0.114. The van der Waals surface area contributed by atoms with Crippen LogP contribution in [0.4, 0.5) is 11.4 Å². The summed E-state index contributed by atoms with van der Waals surface area (Å²) in [5, 5.41) is 8.66. The molecule has 0 heterocycles. The van der Waals surface area contributed by atoms with E-state index in [1.807, 2.05) is 26.0 Å². The van der Waals surface area contributed by atoms with E-state index in [2.05, 4.69) is 22.0 Å². The minimum Gasteiger partial charge on any atom is -0.376 e. The van der Waals surface area contributed by atoms with Gasteiger partial charge in [0, 0.05) is 31.2 Å². The summed E-state index contributed by atoms with van der Waals surface area (Å²) in [6.45, 7) is 4.43. The van der Waals surface area contributed by atoms with Crippen molar-refractivity contribution in [3.8, 4) is 0 Å². The molecule has 2 aromatic carbocycles. The Balaban J connectivity index is 1.84. The second kappa shape index (κ2) is 10.4. The first-order valence-corrected chi connectivity index (χ1v) is 8.97. The van der Waals surface area contributed by atoms with E-state index in [1.165, 1.54) is 19.8 Å². The van der Waals surface area contributed by atoms with Crippen LogP contribution in [0.1, 0.15) is 21.5 Å². The monoisotopic (exact) mass is 385 g/mol. The summed E-state index contributed by atoms with van der Waals surface area (Å²) in [7, 11) is 3.01. The van der Waals surface area contributed by atoms with Crippen LogP contribution in [-0.4, -0.2) is 45.4 Å². The molecule has 0 saturated heterocycles. The van der Waals surface area contributed by atoms with Crippen molar-refractivity contribution in [3.63, 3.8) is 0 Å². The van der Waals surface area contributed by atoms with Crippen molar-refractivity contribution in [2.75, 3.05) is 37.9 Å². The van der Waals surface area contributed by atoms with Crippen molar-refractivity contribution in [3.05, 3.63) is 59.2 Å². The Morgan fingerprint density at radius 3 is 2.29 bits per heavy atom. The minimum absolute atomic E-state index is 0.154. The third kappa shape index (κ3) is 6.37. The van der Waals surface area contributed by atoms with Crippen LogP contribution in [0, 0.1) is 13.8 Å². The van der Waals surface area contributed by atoms with Crippen LogP contribution in [0.2, 0.25) is 0 Å². The van der Waals surface area contributed by atoms with E-state index in [9.17, 15) is 9.59 Å². The molecule has 0 aliphatic heterocycles. The summed E-state index contributed by atoms with van der Waals surface area (Å²) in [6, 6.07) is 12.7. The lowest BCUT2D eigenvalue weighted by Gasteiger charge is -2.14. The van der Waals surface area contributed by atoms with Gasteiger partial charge in [0.1, 0.15) is 0 Å². The smallest absolute Gasteiger partial charge is 0.251 e. The molecule has 7 nitrogen and oxygen atoms in total. The number of carbonyl (C=O) groups is 2. The van der Waals surface area contributed by atoms with Gasteiger partial charge in [0.05, 0.1) is 13.1 Å². The van der Waals surface area contributed by atoms with Crippen LogP contribution in [0.25, 0.3) is 0 Å². The highest BCUT2D eigenvalue weighted by atomic mass is 16.7. The maximum absolute atomic E-state index is 12.1. The summed E-state index contributed by atoms with van der Waals surface area (Å²) in [4.78, 5) is 24.3. The highest BCUT2D eigenvalue weighted by Gasteiger charge is 2.10. The number of ether oxygens (including phenoxy) is 2. The number of aryl methyl sites for hydroxylation is 2. The van der Waals surface area contributed by atoms with Gasteiger partial charge in [0.15, 0.2) is 6.29 Å². The molecule has 3 N–H and O–H groups in total. The molecule has 28 heavy (non-hydrogen) atoms. The molecule has 0 spiro atoms. The van der Waals surface area contributed by atoms with Crippen molar-refractivity contribution in [1.29, 1.82) is 0 Å². The lowest BCUT2D eigenvalue weighted by atomic mass is 10.1. The molecule has 7 heteroatoms. The zero-order valence-corrected chi connectivity index (χ0v) is 16.7. The Labute approximate surface area is 165 Å². The molecule has 0 unspecified atom stereocenters. The van der Waals surface area contributed by atoms with Gasteiger partial charge in [-0.2, -0.15) is 0 Å². The number of anilines is 2. The van der Waals surface area contributed by atoms with Crippen LogP contribution in [0.3, 0.4) is 0 Å². The van der Waals surface area contributed by atoms with Gasteiger partial charge >= 0.3 is 0 Å². The molecule has 0 aliphatic rings. The Morgan fingerprint density at radius 1 is 1.00 bits per heavy atom. The van der Waals surface area contributed by atoms with Crippen molar-refractivity contribution in [2.45, 2.75) is 20.1 Å². The van der Waals surface area contributed by atoms with E-state index in [1.54, 1.807) is 24.3 Å². The maximum atomic E-state index is 12.1. The molecule has 0 radical (unpaired) electrons. The van der Waals surface area contributed by atoms with Gasteiger partial charge in [-0.15, -0.1) is 0 Å². The fourth-order valence-corrected chi connectivity index (χ4v) is 2.64. The normalized spacial score (nSPS) is 10.6. The highest BCUT2D eigenvalue weighted by Crippen LogP contribution is 2.16. The third-order valence-corrected chi connectivity index (χ3v) is 4.21. The lowest BCUT2D eigenvalue weighted by Crippen LogP contribution is -2.34. The van der Waals surface area contributed by atoms with Crippen molar-refractivity contribution in [2.24, 2.45) is 0 Å². The van der Waals surface area contributed by atoms with E-state index in [4.69, 9.17) is 9.47 Å². The molecule has 0 bridgehead atoms. The van der Waals surface area contributed by atoms with Crippen LogP contribution < -0.4 is 16.0 Å². The predicted molar refractivity (Wildman–Crippen MR) is 110 cm³/mol. The molecular formula is C21H27N3O4. The second-order valence-electron chi connectivity index (χ2n) is 6.41. The molecule has 0 fully saturated rings. The Hall–Kier alpha value is -2.90. The standard InChI is InChI=1S/C21H27N3O4/c1-14-5-10-18(15(2)11-14)22-12-19(25)24-17-8-6-16(7-9-17)21(26)23-13-20(27-3)28-4/h5-11,20,22H,12-13H2,1-4H3,(H,23,26)(H,24,25). The first-order valence-electron chi connectivity index (χ1n) is 8.97. The number of hydrogen-bond donors (Lipinski definition) is 3. The third-order valence-electron chi connectivity index (χ3n) is 4.21. The van der Waals surface area contributed by atoms with Crippen LogP contribution in [0.15, 0.2) is 42.5 Å². The first-order chi connectivity index (χ1) is 13.4. The first kappa shape index (κ1) is 21.4. The quantitative estimate of drug-likeness (QED) is 0.578. The number of rotatable bonds is 9. The predicted octanol–water partition coefficient (Wildman–Crippen LogP) is 2.70. The Bertz CT molecular complexity index is 802. The van der Waals surface area contributed by atoms with Crippen molar-refractivity contribution < 1.29 is 19.1 Å². The molecule has 0 saturated carbocycles. The molecule has 0 aliphatic carbocycles. The van der Waals surface area contributed by atoms with E-state index >= 15 is 0 Å². The van der Waals surface area contributed by atoms with Gasteiger partial charge in [0.2, 0.25) is 5.91 Å². The molecule has 0 atom stereocenters. The van der Waals surface area contributed by atoms with E-state index in [0.717, 1.165) is 11.3 Å². The summed E-state index contributed by atoms with van der Waals surface area (Å²) in [5.41, 5.74) is 4.30. The van der Waals surface area contributed by atoms with Crippen LogP contribution >= 0.6 is 0 Å². The number of carbonyl (C=O) groups excluding carboxylic acids is 2. The summed E-state index contributed by atoms with van der Waals surface area (Å²) in [5.74, 6) is -0.409. The number of amides is 2. The largest absolute Gasteiger partial charge is 0.376 e.